The van der Waals surface area contributed by atoms with Gasteiger partial charge in [0.1, 0.15) is 6.04 Å². The lowest BCUT2D eigenvalue weighted by Crippen LogP contribution is -2.48. The van der Waals surface area contributed by atoms with Crippen LogP contribution in [0.25, 0.3) is 0 Å². The number of methoxy groups -OCH3 is 1. The molecule has 0 fully saturated rings. The first-order chi connectivity index (χ1) is 24.2. The van der Waals surface area contributed by atoms with Crippen molar-refractivity contribution in [3.05, 3.63) is 144 Å². The van der Waals surface area contributed by atoms with Crippen molar-refractivity contribution >= 4 is 33.4 Å². The fourth-order valence-electron chi connectivity index (χ4n) is 5.83. The smallest absolute Gasteiger partial charge is 0.407 e. The van der Waals surface area contributed by atoms with Gasteiger partial charge < -0.3 is 26.2 Å². The number of hydrogen-bond donors (Lipinski definition) is 5. The zero-order chi connectivity index (χ0) is 35.5. The van der Waals surface area contributed by atoms with Crippen LogP contribution in [0.2, 0.25) is 0 Å². The number of carbonyl (C=O) groups excluding carboxylic acids is 2. The van der Waals surface area contributed by atoms with Crippen molar-refractivity contribution in [1.82, 2.24) is 19.8 Å². The molecule has 0 saturated carbocycles. The Hall–Kier alpha value is -5.50. The van der Waals surface area contributed by atoms with E-state index in [-0.39, 0.29) is 17.9 Å². The number of para-hydroxylation sites is 1. The van der Waals surface area contributed by atoms with Crippen LogP contribution < -0.4 is 16.4 Å². The monoisotopic (exact) mass is 696 g/mol. The molecule has 4 aromatic carbocycles. The fourth-order valence-corrected chi connectivity index (χ4v) is 7.47. The number of alkyl carbamates (subject to hydrolysis) is 1. The zero-order valence-electron chi connectivity index (χ0n) is 27.5. The van der Waals surface area contributed by atoms with Crippen molar-refractivity contribution in [2.45, 2.75) is 42.3 Å². The molecule has 1 heterocycles. The van der Waals surface area contributed by atoms with Crippen LogP contribution in [0, 0.1) is 0 Å². The van der Waals surface area contributed by atoms with Crippen LogP contribution >= 0.6 is 0 Å². The molecule has 50 heavy (non-hydrogen) atoms. The van der Waals surface area contributed by atoms with Crippen molar-refractivity contribution in [1.29, 1.82) is 0 Å². The highest BCUT2D eigenvalue weighted by atomic mass is 32.2. The van der Waals surface area contributed by atoms with Gasteiger partial charge in [-0.2, -0.15) is 9.40 Å². The van der Waals surface area contributed by atoms with E-state index in [4.69, 9.17) is 10.5 Å². The van der Waals surface area contributed by atoms with E-state index in [1.807, 2.05) is 72.8 Å². The lowest BCUT2D eigenvalue weighted by atomic mass is 9.84. The van der Waals surface area contributed by atoms with Gasteiger partial charge in [-0.1, -0.05) is 78.9 Å². The Kier molecular flexibility index (Phi) is 12.0. The number of hydrogen-bond acceptors (Lipinski definition) is 8. The molecule has 0 aliphatic carbocycles. The number of benzene rings is 4. The normalized spacial score (nSPS) is 12.7. The summed E-state index contributed by atoms with van der Waals surface area (Å²) in [5, 5.41) is 22.9. The van der Waals surface area contributed by atoms with Gasteiger partial charge in [0.05, 0.1) is 24.8 Å². The number of H-pyrrole nitrogens is 1. The summed E-state index contributed by atoms with van der Waals surface area (Å²) in [7, 11) is -2.84. The Morgan fingerprint density at radius 3 is 2.12 bits per heavy atom. The van der Waals surface area contributed by atoms with E-state index >= 15 is 0 Å². The number of ether oxygens (including phenoxy) is 1. The minimum Gasteiger partial charge on any atom is -0.453 e. The van der Waals surface area contributed by atoms with E-state index in [0.29, 0.717) is 28.9 Å². The minimum atomic E-state index is -4.07. The first kappa shape index (κ1) is 35.8. The lowest BCUT2D eigenvalue weighted by molar-refractivity contribution is -0.118. The van der Waals surface area contributed by atoms with E-state index < -0.39 is 46.6 Å². The van der Waals surface area contributed by atoms with E-state index in [2.05, 4.69) is 20.8 Å². The summed E-state index contributed by atoms with van der Waals surface area (Å²) in [4.78, 5) is 26.8. The van der Waals surface area contributed by atoms with Crippen LogP contribution in [0.4, 0.5) is 16.2 Å². The van der Waals surface area contributed by atoms with Gasteiger partial charge in [-0.15, -0.1) is 0 Å². The minimum absolute atomic E-state index is 0.0337. The van der Waals surface area contributed by atoms with Crippen molar-refractivity contribution < 1.29 is 27.9 Å². The van der Waals surface area contributed by atoms with Gasteiger partial charge in [-0.05, 0) is 59.9 Å². The summed E-state index contributed by atoms with van der Waals surface area (Å²) in [6, 6.07) is 30.0. The summed E-state index contributed by atoms with van der Waals surface area (Å²) >= 11 is 0. The number of sulfonamides is 1. The highest BCUT2D eigenvalue weighted by Crippen LogP contribution is 2.30. The van der Waals surface area contributed by atoms with Gasteiger partial charge in [0.15, 0.2) is 0 Å². The highest BCUT2D eigenvalue weighted by molar-refractivity contribution is 7.89. The summed E-state index contributed by atoms with van der Waals surface area (Å²) in [5.74, 6) is -1.04. The average molecular weight is 697 g/mol. The third-order valence-corrected chi connectivity index (χ3v) is 10.3. The maximum absolute atomic E-state index is 14.2. The van der Waals surface area contributed by atoms with Crippen molar-refractivity contribution in [2.24, 2.45) is 0 Å². The van der Waals surface area contributed by atoms with Crippen molar-refractivity contribution in [2.75, 3.05) is 24.8 Å². The molecule has 13 heteroatoms. The molecule has 0 saturated heterocycles. The second-order valence-corrected chi connectivity index (χ2v) is 13.6. The second kappa shape index (κ2) is 16.7. The number of nitrogens with two attached hydrogens (primary N) is 1. The molecule has 2 atom stereocenters. The Bertz CT molecular complexity index is 1900. The average Bonchev–Trinajstić information content (AvgIpc) is 3.66. The molecule has 0 unspecified atom stereocenters. The number of amides is 2. The van der Waals surface area contributed by atoms with Gasteiger partial charge in [0, 0.05) is 41.6 Å². The topological polar surface area (TPSA) is 180 Å². The predicted octanol–water partition coefficient (Wildman–Crippen LogP) is 4.67. The number of aryl methyl sites for hydroxylation is 1. The van der Waals surface area contributed by atoms with Crippen LogP contribution in [0.15, 0.2) is 126 Å². The zero-order valence-corrected chi connectivity index (χ0v) is 28.3. The first-order valence-electron chi connectivity index (χ1n) is 16.0. The Labute approximate surface area is 291 Å². The number of nitrogen functional groups attached to an aromatic ring is 1. The van der Waals surface area contributed by atoms with E-state index in [0.717, 1.165) is 11.1 Å². The van der Waals surface area contributed by atoms with E-state index in [1.54, 1.807) is 18.3 Å². The van der Waals surface area contributed by atoms with Gasteiger partial charge in [-0.25, -0.2) is 13.2 Å². The molecule has 12 nitrogen and oxygen atoms in total. The molecule has 0 aliphatic rings. The summed E-state index contributed by atoms with van der Waals surface area (Å²) in [5.41, 5.74) is 9.67. The maximum atomic E-state index is 14.2. The van der Waals surface area contributed by atoms with E-state index in [1.165, 1.54) is 41.9 Å². The molecule has 5 aromatic rings. The molecular weight excluding hydrogens is 657 g/mol. The third kappa shape index (κ3) is 8.74. The fraction of sp³-hybridized carbons (Fsp3) is 0.216. The van der Waals surface area contributed by atoms with Gasteiger partial charge in [0.2, 0.25) is 15.9 Å². The largest absolute Gasteiger partial charge is 0.453 e. The van der Waals surface area contributed by atoms with Gasteiger partial charge in [-0.3, -0.25) is 9.89 Å². The van der Waals surface area contributed by atoms with Crippen LogP contribution in [0.5, 0.6) is 0 Å². The summed E-state index contributed by atoms with van der Waals surface area (Å²) in [6.45, 7) is -0.490. The molecular formula is C37H40N6O6S. The Morgan fingerprint density at radius 2 is 1.54 bits per heavy atom. The SMILES string of the molecule is COC(=O)N[C@H](C(=O)Nc1ccccc1CC[C@@H](CO)N(Cc1cn[nH]c1)S(=O)(=O)c1ccc(N)cc1)C(c1ccccc1)c1ccccc1. The molecule has 0 radical (unpaired) electrons. The Morgan fingerprint density at radius 1 is 0.920 bits per heavy atom. The first-order valence-corrected chi connectivity index (χ1v) is 17.4. The standard InChI is InChI=1S/C37H40N6O6S/c1-49-37(46)42-35(34(28-11-4-2-5-12-28)29-13-6-3-7-14-29)36(45)41-33-15-9-8-10-27(33)16-19-31(25-44)43(24-26-22-39-40-23-26)50(47,48)32-20-17-30(38)18-21-32/h2-15,17-18,20-23,31,34-35,44H,16,19,24-25,38H2,1H3,(H,39,40)(H,41,45)(H,42,46)/t31-,35-/m0/s1. The number of anilines is 2. The van der Waals surface area contributed by atoms with E-state index in [9.17, 15) is 23.1 Å². The molecule has 5 rings (SSSR count). The van der Waals surface area contributed by atoms with Gasteiger partial charge >= 0.3 is 6.09 Å². The number of aromatic nitrogens is 2. The molecule has 0 bridgehead atoms. The number of nitrogens with one attached hydrogen (secondary N) is 3. The van der Waals surface area contributed by atoms with Crippen molar-refractivity contribution in [3.63, 3.8) is 0 Å². The molecule has 2 amide bonds. The number of rotatable bonds is 15. The number of aliphatic hydroxyl groups is 1. The van der Waals surface area contributed by atoms with Crippen LogP contribution in [0.1, 0.15) is 34.6 Å². The van der Waals surface area contributed by atoms with Crippen LogP contribution in [-0.4, -0.2) is 65.8 Å². The highest BCUT2D eigenvalue weighted by Gasteiger charge is 2.34. The van der Waals surface area contributed by atoms with Crippen molar-refractivity contribution in [3.8, 4) is 0 Å². The summed E-state index contributed by atoms with van der Waals surface area (Å²) < 4.78 is 34.0. The Balaban J connectivity index is 1.42. The van der Waals surface area contributed by atoms with Crippen LogP contribution in [-0.2, 0) is 32.5 Å². The van der Waals surface area contributed by atoms with Gasteiger partial charge in [0.25, 0.3) is 0 Å². The molecule has 6 N–H and O–H groups in total. The molecule has 0 spiro atoms. The second-order valence-electron chi connectivity index (χ2n) is 11.7. The number of aliphatic hydroxyl groups excluding tert-OH is 1. The molecule has 260 valence electrons. The lowest BCUT2D eigenvalue weighted by Gasteiger charge is -2.30. The number of nitrogens with zero attached hydrogens (tertiary/aromatic N) is 2. The molecule has 1 aromatic heterocycles. The quantitative estimate of drug-likeness (QED) is 0.0980. The number of aromatic amines is 1. The third-order valence-electron chi connectivity index (χ3n) is 8.41. The number of carbonyl (C=O) groups is 2. The molecule has 0 aliphatic heterocycles. The maximum Gasteiger partial charge on any atom is 0.407 e. The summed E-state index contributed by atoms with van der Waals surface area (Å²) in [6.07, 6.45) is 2.89. The van der Waals surface area contributed by atoms with Crippen LogP contribution in [0.3, 0.4) is 0 Å². The predicted molar refractivity (Wildman–Crippen MR) is 190 cm³/mol.